The van der Waals surface area contributed by atoms with E-state index in [1.165, 1.54) is 12.1 Å². The molecule has 0 fully saturated rings. The molecule has 0 aliphatic rings. The molecule has 0 aliphatic carbocycles. The summed E-state index contributed by atoms with van der Waals surface area (Å²) >= 11 is 6.03. The van der Waals surface area contributed by atoms with E-state index in [1.54, 1.807) is 6.07 Å². The topological polar surface area (TPSA) is 75.1 Å². The largest absolute Gasteiger partial charge is 0.478 e. The Morgan fingerprint density at radius 2 is 1.86 bits per heavy atom. The minimum Gasteiger partial charge on any atom is -0.478 e. The highest BCUT2D eigenvalue weighted by molar-refractivity contribution is 6.34. The monoisotopic (exact) mass is 313 g/mol. The summed E-state index contributed by atoms with van der Waals surface area (Å²) in [6.07, 6.45) is 0. The molecule has 0 aliphatic heterocycles. The molecule has 3 aromatic rings. The summed E-state index contributed by atoms with van der Waals surface area (Å²) in [6, 6.07) is 14.6. The van der Waals surface area contributed by atoms with E-state index in [2.05, 4.69) is 15.5 Å². The summed E-state index contributed by atoms with van der Waals surface area (Å²) in [5, 5.41) is 21.7. The fourth-order valence-corrected chi connectivity index (χ4v) is 2.36. The van der Waals surface area contributed by atoms with Gasteiger partial charge in [0.25, 0.3) is 0 Å². The smallest absolute Gasteiger partial charge is 0.335 e. The number of carbonyl (C=O) groups is 1. The molecule has 22 heavy (non-hydrogen) atoms. The van der Waals surface area contributed by atoms with Gasteiger partial charge >= 0.3 is 5.97 Å². The second-order valence-electron chi connectivity index (χ2n) is 4.74. The van der Waals surface area contributed by atoms with Crippen LogP contribution in [0.4, 0.5) is 5.82 Å². The quantitative estimate of drug-likeness (QED) is 0.770. The average Bonchev–Trinajstić information content (AvgIpc) is 2.55. The van der Waals surface area contributed by atoms with Gasteiger partial charge in [0.2, 0.25) is 0 Å². The van der Waals surface area contributed by atoms with Crippen LogP contribution in [0.15, 0.2) is 48.5 Å². The summed E-state index contributed by atoms with van der Waals surface area (Å²) < 4.78 is 0. The van der Waals surface area contributed by atoms with Gasteiger partial charge in [0.05, 0.1) is 5.56 Å². The van der Waals surface area contributed by atoms with E-state index in [-0.39, 0.29) is 10.7 Å². The number of nitrogens with zero attached hydrogens (tertiary/aromatic N) is 2. The number of nitrogens with one attached hydrogen (secondary N) is 1. The van der Waals surface area contributed by atoms with Crippen molar-refractivity contribution in [3.8, 4) is 0 Å². The van der Waals surface area contributed by atoms with E-state index >= 15 is 0 Å². The van der Waals surface area contributed by atoms with Crippen molar-refractivity contribution < 1.29 is 9.90 Å². The molecule has 0 radical (unpaired) electrons. The number of carboxylic acids is 1. The number of halogens is 1. The Hall–Kier alpha value is -2.66. The third-order valence-corrected chi connectivity index (χ3v) is 3.56. The number of anilines is 1. The van der Waals surface area contributed by atoms with Gasteiger partial charge in [0.15, 0.2) is 11.0 Å². The number of carboxylic acid groups (broad SMARTS) is 1. The van der Waals surface area contributed by atoms with Crippen LogP contribution in [0.5, 0.6) is 0 Å². The van der Waals surface area contributed by atoms with Crippen molar-refractivity contribution in [1.29, 1.82) is 0 Å². The van der Waals surface area contributed by atoms with Crippen LogP contribution in [0, 0.1) is 0 Å². The number of hydrogen-bond donors (Lipinski definition) is 2. The SMILES string of the molecule is O=C(O)c1ccc2c(NCc3ccccc3)nnc(Cl)c2c1. The first-order valence-electron chi connectivity index (χ1n) is 6.62. The lowest BCUT2D eigenvalue weighted by molar-refractivity contribution is 0.0697. The third kappa shape index (κ3) is 2.84. The van der Waals surface area contributed by atoms with E-state index in [9.17, 15) is 4.79 Å². The maximum absolute atomic E-state index is 11.1. The van der Waals surface area contributed by atoms with Crippen LogP contribution in [0.1, 0.15) is 15.9 Å². The highest BCUT2D eigenvalue weighted by atomic mass is 35.5. The van der Waals surface area contributed by atoms with Crippen LogP contribution in [0.25, 0.3) is 10.8 Å². The van der Waals surface area contributed by atoms with E-state index in [0.29, 0.717) is 17.7 Å². The molecule has 0 unspecified atom stereocenters. The van der Waals surface area contributed by atoms with E-state index < -0.39 is 5.97 Å². The molecule has 0 bridgehead atoms. The lowest BCUT2D eigenvalue weighted by Crippen LogP contribution is -2.04. The van der Waals surface area contributed by atoms with Crippen molar-refractivity contribution in [2.75, 3.05) is 5.32 Å². The van der Waals surface area contributed by atoms with Gasteiger partial charge in [-0.1, -0.05) is 41.9 Å². The minimum atomic E-state index is -1.01. The summed E-state index contributed by atoms with van der Waals surface area (Å²) in [5.74, 6) is -0.436. The van der Waals surface area contributed by atoms with Gasteiger partial charge in [-0.3, -0.25) is 0 Å². The predicted octanol–water partition coefficient (Wildman–Crippen LogP) is 3.59. The Bertz CT molecular complexity index is 837. The summed E-state index contributed by atoms with van der Waals surface area (Å²) in [6.45, 7) is 0.590. The van der Waals surface area contributed by atoms with Gasteiger partial charge in [0.1, 0.15) is 0 Å². The van der Waals surface area contributed by atoms with Crippen molar-refractivity contribution in [1.82, 2.24) is 10.2 Å². The van der Waals surface area contributed by atoms with Crippen molar-refractivity contribution in [2.24, 2.45) is 0 Å². The lowest BCUT2D eigenvalue weighted by Gasteiger charge is -2.09. The average molecular weight is 314 g/mol. The molecule has 3 rings (SSSR count). The maximum Gasteiger partial charge on any atom is 0.335 e. The molecule has 1 heterocycles. The molecular formula is C16H12ClN3O2. The fourth-order valence-electron chi connectivity index (χ4n) is 2.17. The normalized spacial score (nSPS) is 10.6. The molecule has 6 heteroatoms. The summed E-state index contributed by atoms with van der Waals surface area (Å²) in [7, 11) is 0. The second kappa shape index (κ2) is 5.99. The number of hydrogen-bond acceptors (Lipinski definition) is 4. The van der Waals surface area contributed by atoms with E-state index in [1.807, 2.05) is 30.3 Å². The zero-order chi connectivity index (χ0) is 15.5. The van der Waals surface area contributed by atoms with Gasteiger partial charge in [0, 0.05) is 17.3 Å². The van der Waals surface area contributed by atoms with Crippen LogP contribution >= 0.6 is 11.6 Å². The first kappa shape index (κ1) is 14.3. The first-order chi connectivity index (χ1) is 10.6. The number of rotatable bonds is 4. The van der Waals surface area contributed by atoms with Crippen LogP contribution < -0.4 is 5.32 Å². The van der Waals surface area contributed by atoms with Crippen LogP contribution in [0.3, 0.4) is 0 Å². The van der Waals surface area contributed by atoms with Crippen molar-refractivity contribution in [3.63, 3.8) is 0 Å². The lowest BCUT2D eigenvalue weighted by atomic mass is 10.1. The number of aromatic nitrogens is 2. The number of benzene rings is 2. The van der Waals surface area contributed by atoms with E-state index in [0.717, 1.165) is 10.9 Å². The number of fused-ring (bicyclic) bond motifs is 1. The van der Waals surface area contributed by atoms with E-state index in [4.69, 9.17) is 16.7 Å². The molecule has 110 valence electrons. The Kier molecular flexibility index (Phi) is 3.89. The van der Waals surface area contributed by atoms with Gasteiger partial charge in [-0.2, -0.15) is 0 Å². The molecule has 0 saturated heterocycles. The van der Waals surface area contributed by atoms with Crippen molar-refractivity contribution in [2.45, 2.75) is 6.54 Å². The van der Waals surface area contributed by atoms with Crippen LogP contribution in [0.2, 0.25) is 5.15 Å². The Labute approximate surface area is 131 Å². The molecule has 0 spiro atoms. The van der Waals surface area contributed by atoms with Crippen molar-refractivity contribution in [3.05, 3.63) is 64.8 Å². The number of aromatic carboxylic acids is 1. The molecule has 2 N–H and O–H groups in total. The molecular weight excluding hydrogens is 302 g/mol. The predicted molar refractivity (Wildman–Crippen MR) is 85.3 cm³/mol. The molecule has 2 aromatic carbocycles. The highest BCUT2D eigenvalue weighted by Gasteiger charge is 2.11. The molecule has 0 amide bonds. The van der Waals surface area contributed by atoms with Crippen molar-refractivity contribution >= 4 is 34.2 Å². The summed E-state index contributed by atoms with van der Waals surface area (Å²) in [4.78, 5) is 11.1. The van der Waals surface area contributed by atoms with Gasteiger partial charge in [-0.05, 0) is 23.8 Å². The van der Waals surface area contributed by atoms with Gasteiger partial charge in [-0.25, -0.2) is 4.79 Å². The highest BCUT2D eigenvalue weighted by Crippen LogP contribution is 2.27. The fraction of sp³-hybridized carbons (Fsp3) is 0.0625. The van der Waals surface area contributed by atoms with Crippen LogP contribution in [-0.4, -0.2) is 21.3 Å². The van der Waals surface area contributed by atoms with Gasteiger partial charge < -0.3 is 10.4 Å². The molecule has 0 atom stereocenters. The minimum absolute atomic E-state index is 0.163. The Morgan fingerprint density at radius 3 is 2.59 bits per heavy atom. The maximum atomic E-state index is 11.1. The summed E-state index contributed by atoms with van der Waals surface area (Å²) in [5.41, 5.74) is 1.27. The zero-order valence-electron chi connectivity index (χ0n) is 11.5. The first-order valence-corrected chi connectivity index (χ1v) is 7.00. The second-order valence-corrected chi connectivity index (χ2v) is 5.10. The Morgan fingerprint density at radius 1 is 1.09 bits per heavy atom. The standard InChI is InChI=1S/C16H12ClN3O2/c17-14-13-8-11(16(21)22)6-7-12(13)15(20-19-14)18-9-10-4-2-1-3-5-10/h1-8H,9H2,(H,18,20)(H,21,22). The molecule has 1 aromatic heterocycles. The molecule has 0 saturated carbocycles. The van der Waals surface area contributed by atoms with Gasteiger partial charge in [-0.15, -0.1) is 10.2 Å². The molecule has 5 nitrogen and oxygen atoms in total. The Balaban J connectivity index is 1.96. The van der Waals surface area contributed by atoms with Crippen LogP contribution in [-0.2, 0) is 6.54 Å². The zero-order valence-corrected chi connectivity index (χ0v) is 12.2. The third-order valence-electron chi connectivity index (χ3n) is 3.28.